The molecule has 0 unspecified atom stereocenters. The third-order valence-electron chi connectivity index (χ3n) is 2.49. The molecule has 2 aromatic carbocycles. The van der Waals surface area contributed by atoms with E-state index in [9.17, 15) is 4.39 Å². The number of ether oxygens (including phenoxy) is 1. The molecule has 0 saturated carbocycles. The fourth-order valence-electron chi connectivity index (χ4n) is 1.57. The van der Waals surface area contributed by atoms with Crippen molar-refractivity contribution < 1.29 is 9.13 Å². The van der Waals surface area contributed by atoms with E-state index in [0.717, 1.165) is 11.1 Å². The van der Waals surface area contributed by atoms with Crippen LogP contribution in [-0.2, 0) is 5.33 Å². The van der Waals surface area contributed by atoms with E-state index in [2.05, 4.69) is 15.9 Å². The molecule has 0 radical (unpaired) electrons. The first kappa shape index (κ1) is 13.4. The highest BCUT2D eigenvalue weighted by Crippen LogP contribution is 2.35. The minimum Gasteiger partial charge on any atom is -0.452 e. The molecule has 0 aromatic heterocycles. The molecule has 2 aromatic rings. The zero-order valence-electron chi connectivity index (χ0n) is 9.71. The maximum Gasteiger partial charge on any atom is 0.165 e. The number of alkyl halides is 1. The number of hydrogen-bond donors (Lipinski definition) is 0. The van der Waals surface area contributed by atoms with Gasteiger partial charge in [-0.1, -0.05) is 45.7 Å². The highest BCUT2D eigenvalue weighted by Gasteiger charge is 2.11. The Labute approximate surface area is 119 Å². The molecule has 0 aliphatic carbocycles. The molecule has 2 rings (SSSR count). The van der Waals surface area contributed by atoms with E-state index in [0.29, 0.717) is 16.1 Å². The third-order valence-corrected chi connectivity index (χ3v) is 3.39. The van der Waals surface area contributed by atoms with Gasteiger partial charge in [0.15, 0.2) is 11.6 Å². The Morgan fingerprint density at radius 2 is 2.06 bits per heavy atom. The van der Waals surface area contributed by atoms with Crippen molar-refractivity contribution in [3.63, 3.8) is 0 Å². The Balaban J connectivity index is 2.42. The quantitative estimate of drug-likeness (QED) is 0.678. The Bertz CT molecular complexity index is 572. The normalized spacial score (nSPS) is 10.4. The van der Waals surface area contributed by atoms with E-state index in [4.69, 9.17) is 16.3 Å². The van der Waals surface area contributed by atoms with E-state index < -0.39 is 5.82 Å². The van der Waals surface area contributed by atoms with Gasteiger partial charge in [-0.05, 0) is 30.7 Å². The summed E-state index contributed by atoms with van der Waals surface area (Å²) < 4.78 is 19.2. The van der Waals surface area contributed by atoms with E-state index >= 15 is 0 Å². The second-order valence-corrected chi connectivity index (χ2v) is 4.87. The first-order valence-corrected chi connectivity index (χ1v) is 6.89. The molecule has 0 fully saturated rings. The molecule has 0 aliphatic heterocycles. The van der Waals surface area contributed by atoms with Gasteiger partial charge in [0.1, 0.15) is 5.75 Å². The maximum atomic E-state index is 13.6. The van der Waals surface area contributed by atoms with Gasteiger partial charge in [-0.25, -0.2) is 4.39 Å². The van der Waals surface area contributed by atoms with Crippen molar-refractivity contribution in [2.75, 3.05) is 0 Å². The minimum absolute atomic E-state index is 0.185. The smallest absolute Gasteiger partial charge is 0.165 e. The summed E-state index contributed by atoms with van der Waals surface area (Å²) in [6.07, 6.45) is 0. The molecule has 0 heterocycles. The molecule has 0 bridgehead atoms. The zero-order chi connectivity index (χ0) is 13.1. The predicted molar refractivity (Wildman–Crippen MR) is 75.3 cm³/mol. The number of para-hydroxylation sites is 1. The molecule has 0 atom stereocenters. The fraction of sp³-hybridized carbons (Fsp3) is 0.143. The lowest BCUT2D eigenvalue weighted by molar-refractivity contribution is 0.439. The topological polar surface area (TPSA) is 9.23 Å². The number of rotatable bonds is 3. The largest absolute Gasteiger partial charge is 0.452 e. The van der Waals surface area contributed by atoms with Crippen LogP contribution in [0.2, 0.25) is 5.02 Å². The van der Waals surface area contributed by atoms with E-state index in [-0.39, 0.29) is 5.75 Å². The van der Waals surface area contributed by atoms with Gasteiger partial charge in [0.2, 0.25) is 0 Å². The Morgan fingerprint density at radius 3 is 2.78 bits per heavy atom. The second kappa shape index (κ2) is 5.72. The van der Waals surface area contributed by atoms with Crippen LogP contribution in [0.5, 0.6) is 11.5 Å². The summed E-state index contributed by atoms with van der Waals surface area (Å²) in [6.45, 7) is 1.88. The lowest BCUT2D eigenvalue weighted by Crippen LogP contribution is -1.93. The lowest BCUT2D eigenvalue weighted by atomic mass is 10.2. The van der Waals surface area contributed by atoms with Crippen molar-refractivity contribution in [1.29, 1.82) is 0 Å². The standard InChI is InChI=1S/C14H11BrClFO/c1-9-5-6-12(17)13(7-9)18-14-10(8-15)3-2-4-11(14)16/h2-7H,8H2,1H3. The summed E-state index contributed by atoms with van der Waals surface area (Å²) in [5, 5.41) is 1.06. The SMILES string of the molecule is Cc1ccc(F)c(Oc2c(Cl)cccc2CBr)c1. The summed E-state index contributed by atoms with van der Waals surface area (Å²) >= 11 is 9.44. The molecule has 94 valence electrons. The van der Waals surface area contributed by atoms with Gasteiger partial charge in [-0.2, -0.15) is 0 Å². The van der Waals surface area contributed by atoms with Crippen molar-refractivity contribution in [2.45, 2.75) is 12.3 Å². The lowest BCUT2D eigenvalue weighted by Gasteiger charge is -2.12. The van der Waals surface area contributed by atoms with E-state index in [1.807, 2.05) is 19.1 Å². The van der Waals surface area contributed by atoms with Crippen molar-refractivity contribution in [3.8, 4) is 11.5 Å². The summed E-state index contributed by atoms with van der Waals surface area (Å²) in [6, 6.07) is 10.2. The molecule has 0 saturated heterocycles. The second-order valence-electron chi connectivity index (χ2n) is 3.90. The summed E-state index contributed by atoms with van der Waals surface area (Å²) in [7, 11) is 0. The molecular weight excluding hydrogens is 319 g/mol. The first-order valence-electron chi connectivity index (χ1n) is 5.39. The van der Waals surface area contributed by atoms with Crippen molar-refractivity contribution in [3.05, 3.63) is 58.4 Å². The molecular formula is C14H11BrClFO. The molecule has 4 heteroatoms. The van der Waals surface area contributed by atoms with Gasteiger partial charge in [-0.15, -0.1) is 0 Å². The Kier molecular flexibility index (Phi) is 4.25. The molecule has 0 amide bonds. The molecule has 0 aliphatic rings. The molecule has 0 N–H and O–H groups in total. The van der Waals surface area contributed by atoms with Crippen LogP contribution in [0, 0.1) is 12.7 Å². The molecule has 18 heavy (non-hydrogen) atoms. The van der Waals surface area contributed by atoms with Crippen LogP contribution in [0.4, 0.5) is 4.39 Å². The third kappa shape index (κ3) is 2.85. The van der Waals surface area contributed by atoms with Crippen LogP contribution < -0.4 is 4.74 Å². The van der Waals surface area contributed by atoms with E-state index in [1.54, 1.807) is 18.2 Å². The molecule has 0 spiro atoms. The average molecular weight is 330 g/mol. The summed E-state index contributed by atoms with van der Waals surface area (Å²) in [5.41, 5.74) is 1.81. The van der Waals surface area contributed by atoms with Gasteiger partial charge >= 0.3 is 0 Å². The van der Waals surface area contributed by atoms with E-state index in [1.165, 1.54) is 6.07 Å². The number of aryl methyl sites for hydroxylation is 1. The summed E-state index contributed by atoms with van der Waals surface area (Å²) in [5.74, 6) is 0.270. The average Bonchev–Trinajstić information content (AvgIpc) is 2.36. The van der Waals surface area contributed by atoms with Crippen LogP contribution in [0.25, 0.3) is 0 Å². The first-order chi connectivity index (χ1) is 8.61. The van der Waals surface area contributed by atoms with Crippen molar-refractivity contribution >= 4 is 27.5 Å². The van der Waals surface area contributed by atoms with Crippen molar-refractivity contribution in [2.24, 2.45) is 0 Å². The molecule has 1 nitrogen and oxygen atoms in total. The Morgan fingerprint density at radius 1 is 1.28 bits per heavy atom. The van der Waals surface area contributed by atoms with Gasteiger partial charge in [0.05, 0.1) is 5.02 Å². The highest BCUT2D eigenvalue weighted by atomic mass is 79.9. The van der Waals surface area contributed by atoms with Crippen LogP contribution in [0.3, 0.4) is 0 Å². The van der Waals surface area contributed by atoms with Gasteiger partial charge in [-0.3, -0.25) is 0 Å². The van der Waals surface area contributed by atoms with Crippen LogP contribution in [0.1, 0.15) is 11.1 Å². The monoisotopic (exact) mass is 328 g/mol. The van der Waals surface area contributed by atoms with Gasteiger partial charge < -0.3 is 4.74 Å². The maximum absolute atomic E-state index is 13.6. The van der Waals surface area contributed by atoms with Crippen LogP contribution in [-0.4, -0.2) is 0 Å². The minimum atomic E-state index is -0.402. The van der Waals surface area contributed by atoms with Gasteiger partial charge in [0, 0.05) is 10.9 Å². The predicted octanol–water partition coefficient (Wildman–Crippen LogP) is 5.47. The van der Waals surface area contributed by atoms with Crippen LogP contribution >= 0.6 is 27.5 Å². The number of hydrogen-bond acceptors (Lipinski definition) is 1. The van der Waals surface area contributed by atoms with Gasteiger partial charge in [0.25, 0.3) is 0 Å². The number of benzene rings is 2. The number of halogens is 3. The Hall–Kier alpha value is -1.06. The summed E-state index contributed by atoms with van der Waals surface area (Å²) in [4.78, 5) is 0. The highest BCUT2D eigenvalue weighted by molar-refractivity contribution is 9.08. The fourth-order valence-corrected chi connectivity index (χ4v) is 2.25. The van der Waals surface area contributed by atoms with Crippen molar-refractivity contribution in [1.82, 2.24) is 0 Å². The zero-order valence-corrected chi connectivity index (χ0v) is 12.1. The van der Waals surface area contributed by atoms with Crippen LogP contribution in [0.15, 0.2) is 36.4 Å².